The summed E-state index contributed by atoms with van der Waals surface area (Å²) in [6, 6.07) is 19.3. The molecule has 134 valence electrons. The Morgan fingerprint density at radius 3 is 2.70 bits per heavy atom. The molecule has 2 heterocycles. The lowest BCUT2D eigenvalue weighted by Gasteiger charge is -2.05. The van der Waals surface area contributed by atoms with Gasteiger partial charge in [-0.1, -0.05) is 36.4 Å². The molecule has 0 atom stereocenters. The predicted molar refractivity (Wildman–Crippen MR) is 103 cm³/mol. The molecule has 0 aliphatic carbocycles. The lowest BCUT2D eigenvalue weighted by Crippen LogP contribution is -2.11. The van der Waals surface area contributed by atoms with Crippen molar-refractivity contribution in [2.45, 2.75) is 19.3 Å². The van der Waals surface area contributed by atoms with Crippen LogP contribution in [0.4, 0.5) is 5.69 Å². The van der Waals surface area contributed by atoms with Crippen molar-refractivity contribution < 1.29 is 9.21 Å². The van der Waals surface area contributed by atoms with E-state index in [2.05, 4.69) is 20.5 Å². The van der Waals surface area contributed by atoms with Crippen LogP contribution in [-0.2, 0) is 11.2 Å². The highest BCUT2D eigenvalue weighted by atomic mass is 16.4. The Morgan fingerprint density at radius 1 is 1.00 bits per heavy atom. The fraction of sp³-hybridized carbons (Fsp3) is 0.143. The molecule has 0 unspecified atom stereocenters. The molecule has 6 heteroatoms. The largest absolute Gasteiger partial charge is 0.421 e. The van der Waals surface area contributed by atoms with Gasteiger partial charge in [-0.15, -0.1) is 10.2 Å². The highest BCUT2D eigenvalue weighted by Gasteiger charge is 2.09. The van der Waals surface area contributed by atoms with E-state index in [1.54, 1.807) is 6.20 Å². The number of aryl methyl sites for hydroxylation is 1. The second-order valence-corrected chi connectivity index (χ2v) is 6.19. The molecule has 0 aliphatic rings. The zero-order chi connectivity index (χ0) is 18.5. The van der Waals surface area contributed by atoms with Gasteiger partial charge in [-0.3, -0.25) is 9.78 Å². The molecular formula is C21H18N4O2. The third-order valence-corrected chi connectivity index (χ3v) is 4.16. The van der Waals surface area contributed by atoms with Crippen LogP contribution in [0.25, 0.3) is 22.4 Å². The van der Waals surface area contributed by atoms with E-state index in [9.17, 15) is 4.79 Å². The average molecular weight is 358 g/mol. The monoisotopic (exact) mass is 358 g/mol. The van der Waals surface area contributed by atoms with Gasteiger partial charge in [-0.2, -0.15) is 0 Å². The van der Waals surface area contributed by atoms with E-state index in [0.29, 0.717) is 36.7 Å². The Kier molecular flexibility index (Phi) is 4.87. The number of nitrogens with one attached hydrogen (secondary N) is 1. The number of amides is 1. The van der Waals surface area contributed by atoms with Crippen molar-refractivity contribution in [1.29, 1.82) is 0 Å². The zero-order valence-electron chi connectivity index (χ0n) is 14.6. The highest BCUT2D eigenvalue weighted by molar-refractivity contribution is 5.93. The number of pyridine rings is 1. The van der Waals surface area contributed by atoms with Gasteiger partial charge in [0.15, 0.2) is 0 Å². The minimum Gasteiger partial charge on any atom is -0.421 e. The summed E-state index contributed by atoms with van der Waals surface area (Å²) in [5, 5.41) is 12.0. The molecule has 1 amide bonds. The fourth-order valence-corrected chi connectivity index (χ4v) is 2.82. The van der Waals surface area contributed by atoms with Crippen LogP contribution in [0.3, 0.4) is 0 Å². The Hall–Kier alpha value is -3.54. The summed E-state index contributed by atoms with van der Waals surface area (Å²) in [6.45, 7) is 0. The molecule has 0 spiro atoms. The minimum absolute atomic E-state index is 0.0603. The SMILES string of the molecule is O=C(CCCc1nnc(-c2ccccc2)o1)Nc1cnc2ccccc2c1. The van der Waals surface area contributed by atoms with Crippen LogP contribution < -0.4 is 5.32 Å². The maximum Gasteiger partial charge on any atom is 0.247 e. The number of rotatable bonds is 6. The standard InChI is InChI=1S/C21H18N4O2/c26-19(23-17-13-16-9-4-5-10-18(16)22-14-17)11-6-12-20-24-25-21(27-20)15-7-2-1-3-8-15/h1-5,7-10,13-14H,6,11-12H2,(H,23,26). The molecule has 1 N–H and O–H groups in total. The minimum atomic E-state index is -0.0603. The zero-order valence-corrected chi connectivity index (χ0v) is 14.6. The molecule has 2 aromatic carbocycles. The third kappa shape index (κ3) is 4.17. The first-order valence-corrected chi connectivity index (χ1v) is 8.80. The molecule has 0 aliphatic heterocycles. The van der Waals surface area contributed by atoms with Crippen LogP contribution in [0.5, 0.6) is 0 Å². The van der Waals surface area contributed by atoms with Gasteiger partial charge in [-0.25, -0.2) is 0 Å². The van der Waals surface area contributed by atoms with Gasteiger partial charge in [0.25, 0.3) is 0 Å². The number of nitrogens with zero attached hydrogens (tertiary/aromatic N) is 3. The summed E-state index contributed by atoms with van der Waals surface area (Å²) in [7, 11) is 0. The maximum absolute atomic E-state index is 12.2. The van der Waals surface area contributed by atoms with E-state index in [0.717, 1.165) is 16.5 Å². The third-order valence-electron chi connectivity index (χ3n) is 4.16. The molecule has 0 radical (unpaired) electrons. The molecule has 0 saturated carbocycles. The quantitative estimate of drug-likeness (QED) is 0.557. The van der Waals surface area contributed by atoms with Crippen molar-refractivity contribution in [3.05, 3.63) is 72.8 Å². The molecule has 0 fully saturated rings. The smallest absolute Gasteiger partial charge is 0.247 e. The number of fused-ring (bicyclic) bond motifs is 1. The second-order valence-electron chi connectivity index (χ2n) is 6.19. The van der Waals surface area contributed by atoms with E-state index in [-0.39, 0.29) is 5.91 Å². The first-order chi connectivity index (χ1) is 13.3. The van der Waals surface area contributed by atoms with Crippen molar-refractivity contribution in [2.24, 2.45) is 0 Å². The summed E-state index contributed by atoms with van der Waals surface area (Å²) in [5.74, 6) is 0.973. The Morgan fingerprint density at radius 2 is 1.81 bits per heavy atom. The molecule has 2 aromatic heterocycles. The summed E-state index contributed by atoms with van der Waals surface area (Å²) in [6.07, 6.45) is 3.23. The Labute approximate surface area is 156 Å². The number of hydrogen-bond acceptors (Lipinski definition) is 5. The summed E-state index contributed by atoms with van der Waals surface area (Å²) >= 11 is 0. The lowest BCUT2D eigenvalue weighted by molar-refractivity contribution is -0.116. The van der Waals surface area contributed by atoms with Gasteiger partial charge in [0, 0.05) is 23.8 Å². The van der Waals surface area contributed by atoms with Crippen molar-refractivity contribution >= 4 is 22.5 Å². The first-order valence-electron chi connectivity index (χ1n) is 8.80. The molecule has 0 bridgehead atoms. The average Bonchev–Trinajstić information content (AvgIpc) is 3.17. The summed E-state index contributed by atoms with van der Waals surface area (Å²) in [4.78, 5) is 16.5. The molecule has 27 heavy (non-hydrogen) atoms. The van der Waals surface area contributed by atoms with Crippen LogP contribution in [0.15, 0.2) is 71.3 Å². The summed E-state index contributed by atoms with van der Waals surface area (Å²) < 4.78 is 5.65. The molecule has 6 nitrogen and oxygen atoms in total. The number of carbonyl (C=O) groups is 1. The van der Waals surface area contributed by atoms with Gasteiger partial charge in [0.1, 0.15) is 0 Å². The number of benzene rings is 2. The summed E-state index contributed by atoms with van der Waals surface area (Å²) in [5.41, 5.74) is 2.49. The lowest BCUT2D eigenvalue weighted by atomic mass is 10.2. The highest BCUT2D eigenvalue weighted by Crippen LogP contribution is 2.18. The predicted octanol–water partition coefficient (Wildman–Crippen LogP) is 4.25. The normalized spacial score (nSPS) is 10.8. The maximum atomic E-state index is 12.2. The molecule has 4 rings (SSSR count). The van der Waals surface area contributed by atoms with E-state index in [4.69, 9.17) is 4.42 Å². The van der Waals surface area contributed by atoms with Crippen LogP contribution in [0.1, 0.15) is 18.7 Å². The number of aromatic nitrogens is 3. The van der Waals surface area contributed by atoms with E-state index >= 15 is 0 Å². The van der Waals surface area contributed by atoms with E-state index in [1.807, 2.05) is 60.7 Å². The van der Waals surface area contributed by atoms with Gasteiger partial charge >= 0.3 is 0 Å². The Balaban J connectivity index is 1.30. The Bertz CT molecular complexity index is 1060. The van der Waals surface area contributed by atoms with Crippen LogP contribution in [-0.4, -0.2) is 21.1 Å². The van der Waals surface area contributed by atoms with Crippen molar-refractivity contribution in [3.8, 4) is 11.5 Å². The molecule has 4 aromatic rings. The topological polar surface area (TPSA) is 80.9 Å². The van der Waals surface area contributed by atoms with Crippen molar-refractivity contribution in [3.63, 3.8) is 0 Å². The second kappa shape index (κ2) is 7.78. The molecule has 0 saturated heterocycles. The number of hydrogen-bond donors (Lipinski definition) is 1. The number of carbonyl (C=O) groups excluding carboxylic acids is 1. The van der Waals surface area contributed by atoms with E-state index in [1.165, 1.54) is 0 Å². The van der Waals surface area contributed by atoms with Crippen LogP contribution in [0, 0.1) is 0 Å². The first kappa shape index (κ1) is 16.9. The van der Waals surface area contributed by atoms with Gasteiger partial charge in [0.2, 0.25) is 17.7 Å². The van der Waals surface area contributed by atoms with Crippen molar-refractivity contribution in [2.75, 3.05) is 5.32 Å². The van der Waals surface area contributed by atoms with Gasteiger partial charge < -0.3 is 9.73 Å². The van der Waals surface area contributed by atoms with Crippen LogP contribution in [0.2, 0.25) is 0 Å². The van der Waals surface area contributed by atoms with Gasteiger partial charge in [-0.05, 0) is 30.7 Å². The number of anilines is 1. The van der Waals surface area contributed by atoms with Crippen molar-refractivity contribution in [1.82, 2.24) is 15.2 Å². The van der Waals surface area contributed by atoms with Gasteiger partial charge in [0.05, 0.1) is 17.4 Å². The fourth-order valence-electron chi connectivity index (χ4n) is 2.82. The number of para-hydroxylation sites is 1. The molecular weight excluding hydrogens is 340 g/mol. The van der Waals surface area contributed by atoms with Crippen LogP contribution >= 0.6 is 0 Å². The van der Waals surface area contributed by atoms with E-state index < -0.39 is 0 Å².